The van der Waals surface area contributed by atoms with Crippen molar-refractivity contribution in [2.24, 2.45) is 0 Å². The molecular weight excluding hydrogens is 338 g/mol. The number of nitrogens with zero attached hydrogens (tertiary/aromatic N) is 2. The molecule has 84 valence electrons. The summed E-state index contributed by atoms with van der Waals surface area (Å²) in [4.78, 5) is 13.4. The first-order valence-corrected chi connectivity index (χ1v) is 6.17. The molecule has 0 saturated heterocycles. The van der Waals surface area contributed by atoms with Gasteiger partial charge in [0.1, 0.15) is 6.54 Å². The zero-order chi connectivity index (χ0) is 12.1. The summed E-state index contributed by atoms with van der Waals surface area (Å²) in [7, 11) is 0. The summed E-state index contributed by atoms with van der Waals surface area (Å²) in [5.41, 5.74) is 0.516. The largest absolute Gasteiger partial charge is 0.326 e. The number of halogens is 2. The number of hydrogen-bond acceptors (Lipinski definition) is 2. The van der Waals surface area contributed by atoms with Crippen molar-refractivity contribution in [1.29, 1.82) is 5.26 Å². The van der Waals surface area contributed by atoms with Crippen molar-refractivity contribution in [3.63, 3.8) is 0 Å². The van der Waals surface area contributed by atoms with Crippen LogP contribution in [0, 0.1) is 14.9 Å². The number of carbonyl (C=O) groups excluding carboxylic acids is 1. The van der Waals surface area contributed by atoms with E-state index in [0.717, 1.165) is 3.57 Å². The van der Waals surface area contributed by atoms with E-state index in [0.29, 0.717) is 17.1 Å². The summed E-state index contributed by atoms with van der Waals surface area (Å²) >= 11 is 8.04. The minimum atomic E-state index is -0.164. The van der Waals surface area contributed by atoms with E-state index in [-0.39, 0.29) is 12.5 Å². The lowest BCUT2D eigenvalue weighted by Crippen LogP contribution is -2.31. The summed E-state index contributed by atoms with van der Waals surface area (Å²) < 4.78 is 0.902. The molecule has 1 amide bonds. The Morgan fingerprint density at radius 1 is 1.62 bits per heavy atom. The summed E-state index contributed by atoms with van der Waals surface area (Å²) in [6.45, 7) is 2.44. The lowest BCUT2D eigenvalue weighted by atomic mass is 10.2. The van der Waals surface area contributed by atoms with Crippen LogP contribution < -0.4 is 0 Å². The van der Waals surface area contributed by atoms with Crippen LogP contribution in [-0.4, -0.2) is 23.9 Å². The molecule has 0 bridgehead atoms. The van der Waals surface area contributed by atoms with E-state index in [1.165, 1.54) is 4.90 Å². The number of nitriles is 1. The summed E-state index contributed by atoms with van der Waals surface area (Å²) in [5, 5.41) is 9.15. The molecule has 0 atom stereocenters. The minimum Gasteiger partial charge on any atom is -0.326 e. The normalized spacial score (nSPS) is 9.62. The van der Waals surface area contributed by atoms with Crippen LogP contribution in [0.3, 0.4) is 0 Å². The van der Waals surface area contributed by atoms with E-state index < -0.39 is 0 Å². The van der Waals surface area contributed by atoms with Gasteiger partial charge in [0.15, 0.2) is 0 Å². The fourth-order valence-electron chi connectivity index (χ4n) is 1.22. The highest BCUT2D eigenvalue weighted by Gasteiger charge is 2.14. The van der Waals surface area contributed by atoms with Crippen molar-refractivity contribution in [3.8, 4) is 6.07 Å². The van der Waals surface area contributed by atoms with Crippen molar-refractivity contribution >= 4 is 40.1 Å². The predicted octanol–water partition coefficient (Wildman–Crippen LogP) is 2.93. The van der Waals surface area contributed by atoms with Gasteiger partial charge in [-0.3, -0.25) is 4.79 Å². The topological polar surface area (TPSA) is 44.1 Å². The van der Waals surface area contributed by atoms with Crippen molar-refractivity contribution in [3.05, 3.63) is 32.4 Å². The van der Waals surface area contributed by atoms with Crippen molar-refractivity contribution in [2.75, 3.05) is 13.1 Å². The first-order valence-electron chi connectivity index (χ1n) is 4.71. The van der Waals surface area contributed by atoms with Crippen LogP contribution in [-0.2, 0) is 0 Å². The molecule has 0 aromatic heterocycles. The fourth-order valence-corrected chi connectivity index (χ4v) is 1.74. The average Bonchev–Trinajstić information content (AvgIpc) is 2.28. The SMILES string of the molecule is CCN(CC#N)C(=O)c1ccc(I)c(Cl)c1. The smallest absolute Gasteiger partial charge is 0.254 e. The Morgan fingerprint density at radius 2 is 2.31 bits per heavy atom. The van der Waals surface area contributed by atoms with E-state index in [9.17, 15) is 4.79 Å². The molecule has 3 nitrogen and oxygen atoms in total. The van der Waals surface area contributed by atoms with Crippen molar-refractivity contribution in [1.82, 2.24) is 4.90 Å². The number of amides is 1. The van der Waals surface area contributed by atoms with Crippen LogP contribution in [0.25, 0.3) is 0 Å². The zero-order valence-electron chi connectivity index (χ0n) is 8.70. The predicted molar refractivity (Wildman–Crippen MR) is 71.4 cm³/mol. The highest BCUT2D eigenvalue weighted by Crippen LogP contribution is 2.20. The molecule has 1 rings (SSSR count). The molecule has 0 unspecified atom stereocenters. The quantitative estimate of drug-likeness (QED) is 0.623. The lowest BCUT2D eigenvalue weighted by molar-refractivity contribution is 0.0784. The third kappa shape index (κ3) is 3.09. The molecule has 16 heavy (non-hydrogen) atoms. The van der Waals surface area contributed by atoms with Gasteiger partial charge in [-0.25, -0.2) is 0 Å². The fraction of sp³-hybridized carbons (Fsp3) is 0.273. The standard InChI is InChI=1S/C11H10ClIN2O/c1-2-15(6-5-14)11(16)8-3-4-10(13)9(12)7-8/h3-4,7H,2,6H2,1H3. The summed E-state index contributed by atoms with van der Waals surface area (Å²) in [6, 6.07) is 7.10. The van der Waals surface area contributed by atoms with Gasteiger partial charge in [0.2, 0.25) is 0 Å². The molecule has 0 saturated carbocycles. The number of benzene rings is 1. The monoisotopic (exact) mass is 348 g/mol. The van der Waals surface area contributed by atoms with Gasteiger partial charge >= 0.3 is 0 Å². The van der Waals surface area contributed by atoms with Gasteiger partial charge in [0, 0.05) is 15.7 Å². The van der Waals surface area contributed by atoms with Crippen molar-refractivity contribution in [2.45, 2.75) is 6.92 Å². The minimum absolute atomic E-state index is 0.0962. The zero-order valence-corrected chi connectivity index (χ0v) is 11.6. The van der Waals surface area contributed by atoms with Gasteiger partial charge < -0.3 is 4.90 Å². The molecule has 0 aliphatic carbocycles. The second-order valence-corrected chi connectivity index (χ2v) is 4.68. The Bertz CT molecular complexity index is 442. The van der Waals surface area contributed by atoms with Crippen LogP contribution in [0.4, 0.5) is 0 Å². The summed E-state index contributed by atoms with van der Waals surface area (Å²) in [6.07, 6.45) is 0. The second-order valence-electron chi connectivity index (χ2n) is 3.11. The van der Waals surface area contributed by atoms with Gasteiger partial charge in [-0.15, -0.1) is 0 Å². The molecule has 0 fully saturated rings. The molecule has 5 heteroatoms. The van der Waals surface area contributed by atoms with Crippen LogP contribution in [0.1, 0.15) is 17.3 Å². The van der Waals surface area contributed by atoms with Gasteiger partial charge in [0.25, 0.3) is 5.91 Å². The first-order chi connectivity index (χ1) is 7.60. The highest BCUT2D eigenvalue weighted by atomic mass is 127. The Hall–Kier alpha value is -0.800. The third-order valence-electron chi connectivity index (χ3n) is 2.10. The Morgan fingerprint density at radius 3 is 2.81 bits per heavy atom. The maximum atomic E-state index is 11.9. The van der Waals surface area contributed by atoms with Gasteiger partial charge in [-0.1, -0.05) is 11.6 Å². The van der Waals surface area contributed by atoms with E-state index in [4.69, 9.17) is 16.9 Å². The maximum absolute atomic E-state index is 11.9. The lowest BCUT2D eigenvalue weighted by Gasteiger charge is -2.17. The molecule has 0 N–H and O–H groups in total. The number of hydrogen-bond donors (Lipinski definition) is 0. The third-order valence-corrected chi connectivity index (χ3v) is 3.67. The molecule has 1 aromatic carbocycles. The summed E-state index contributed by atoms with van der Waals surface area (Å²) in [5.74, 6) is -0.164. The van der Waals surface area contributed by atoms with Gasteiger partial charge in [0.05, 0.1) is 11.1 Å². The first kappa shape index (κ1) is 13.3. The average molecular weight is 349 g/mol. The molecule has 0 spiro atoms. The maximum Gasteiger partial charge on any atom is 0.254 e. The molecule has 1 aromatic rings. The Kier molecular flexibility index (Phi) is 5.03. The molecule has 0 heterocycles. The molecule has 0 radical (unpaired) electrons. The van der Waals surface area contributed by atoms with Crippen LogP contribution in [0.2, 0.25) is 5.02 Å². The molecule has 0 aliphatic heterocycles. The number of carbonyl (C=O) groups is 1. The van der Waals surface area contributed by atoms with Crippen molar-refractivity contribution < 1.29 is 4.79 Å². The number of rotatable bonds is 3. The van der Waals surface area contributed by atoms with E-state index in [1.807, 2.05) is 13.0 Å². The molecule has 0 aliphatic rings. The Balaban J connectivity index is 2.95. The van der Waals surface area contributed by atoms with E-state index >= 15 is 0 Å². The van der Waals surface area contributed by atoms with E-state index in [2.05, 4.69) is 22.6 Å². The van der Waals surface area contributed by atoms with Crippen LogP contribution >= 0.6 is 34.2 Å². The van der Waals surface area contributed by atoms with E-state index in [1.54, 1.807) is 18.2 Å². The van der Waals surface area contributed by atoms with Crippen LogP contribution in [0.5, 0.6) is 0 Å². The highest BCUT2D eigenvalue weighted by molar-refractivity contribution is 14.1. The second kappa shape index (κ2) is 6.06. The van der Waals surface area contributed by atoms with Gasteiger partial charge in [-0.05, 0) is 47.7 Å². The molecular formula is C11H10ClIN2O. The van der Waals surface area contributed by atoms with Crippen LogP contribution in [0.15, 0.2) is 18.2 Å². The Labute approximate surface area is 113 Å². The van der Waals surface area contributed by atoms with Gasteiger partial charge in [-0.2, -0.15) is 5.26 Å².